The van der Waals surface area contributed by atoms with E-state index in [-0.39, 0.29) is 11.5 Å². The molecule has 9 nitrogen and oxygen atoms in total. The maximum atomic E-state index is 13.1. The van der Waals surface area contributed by atoms with E-state index in [0.29, 0.717) is 22.6 Å². The lowest BCUT2D eigenvalue weighted by Crippen LogP contribution is -2.47. The van der Waals surface area contributed by atoms with Crippen molar-refractivity contribution in [1.29, 1.82) is 0 Å². The predicted molar refractivity (Wildman–Crippen MR) is 235 cm³/mol. The van der Waals surface area contributed by atoms with E-state index in [0.717, 1.165) is 84.4 Å². The number of nitrogens with zero attached hydrogens (tertiary/aromatic N) is 4. The Kier molecular flexibility index (Phi) is 11.7. The molecule has 6 aromatic rings. The predicted octanol–water partition coefficient (Wildman–Crippen LogP) is 10.7. The van der Waals surface area contributed by atoms with Crippen LogP contribution >= 0.6 is 11.6 Å². The maximum absolute atomic E-state index is 13.1. The van der Waals surface area contributed by atoms with Crippen LogP contribution in [0.4, 0.5) is 5.69 Å². The van der Waals surface area contributed by atoms with Crippen molar-refractivity contribution in [2.45, 2.75) is 39.2 Å². The molecule has 0 amide bonds. The van der Waals surface area contributed by atoms with E-state index in [9.17, 15) is 4.79 Å². The van der Waals surface area contributed by atoms with Crippen LogP contribution in [0, 0.1) is 5.41 Å². The summed E-state index contributed by atoms with van der Waals surface area (Å²) in [5.41, 5.74) is 9.57. The van der Waals surface area contributed by atoms with Crippen LogP contribution in [0.2, 0.25) is 5.02 Å². The van der Waals surface area contributed by atoms with Crippen LogP contribution in [0.15, 0.2) is 121 Å². The van der Waals surface area contributed by atoms with Gasteiger partial charge in [-0.3, -0.25) is 4.90 Å². The molecule has 59 heavy (non-hydrogen) atoms. The Bertz CT molecular complexity index is 2400. The zero-order valence-corrected chi connectivity index (χ0v) is 35.2. The summed E-state index contributed by atoms with van der Waals surface area (Å²) in [6.07, 6.45) is 5.21. The number of allylic oxidation sites excluding steroid dienone is 1. The van der Waals surface area contributed by atoms with Crippen molar-refractivity contribution < 1.29 is 23.7 Å². The van der Waals surface area contributed by atoms with Crippen LogP contribution in [-0.4, -0.2) is 74.5 Å². The molecule has 8 rings (SSSR count). The number of hydrogen-bond acceptors (Lipinski definition) is 8. The number of aromatic nitrogens is 2. The molecule has 5 aromatic carbocycles. The molecule has 1 aromatic heterocycles. The molecular formula is C49H51ClN4O5. The number of rotatable bonds is 12. The van der Waals surface area contributed by atoms with Crippen molar-refractivity contribution in [2.75, 3.05) is 59.0 Å². The third kappa shape index (κ3) is 8.68. The number of anilines is 1. The molecule has 1 fully saturated rings. The van der Waals surface area contributed by atoms with E-state index in [1.54, 1.807) is 20.3 Å². The van der Waals surface area contributed by atoms with Gasteiger partial charge in [0.15, 0.2) is 5.75 Å². The first-order valence-corrected chi connectivity index (χ1v) is 20.6. The number of para-hydroxylation sites is 1. The Morgan fingerprint density at radius 2 is 1.46 bits per heavy atom. The third-order valence-corrected chi connectivity index (χ3v) is 12.1. The minimum absolute atomic E-state index is 0.204. The summed E-state index contributed by atoms with van der Waals surface area (Å²) in [5.74, 6) is 2.06. The van der Waals surface area contributed by atoms with Gasteiger partial charge in [-0.2, -0.15) is 0 Å². The van der Waals surface area contributed by atoms with E-state index in [2.05, 4.69) is 64.6 Å². The fraction of sp³-hybridized carbons (Fsp3) is 0.306. The number of hydrogen-bond donors (Lipinski definition) is 0. The molecule has 0 unspecified atom stereocenters. The van der Waals surface area contributed by atoms with E-state index in [1.165, 1.54) is 30.2 Å². The Morgan fingerprint density at radius 3 is 2.08 bits per heavy atom. The number of carbonyl (C=O) groups excluding carboxylic acids is 1. The highest BCUT2D eigenvalue weighted by molar-refractivity contribution is 6.30. The normalized spacial score (nSPS) is 15.7. The van der Waals surface area contributed by atoms with Gasteiger partial charge in [-0.15, -0.1) is 0 Å². The van der Waals surface area contributed by atoms with Gasteiger partial charge in [0, 0.05) is 49.5 Å². The van der Waals surface area contributed by atoms with Gasteiger partial charge in [-0.1, -0.05) is 73.5 Å². The van der Waals surface area contributed by atoms with Crippen LogP contribution in [0.3, 0.4) is 0 Å². The summed E-state index contributed by atoms with van der Waals surface area (Å²) in [4.78, 5) is 23.0. The molecule has 304 valence electrons. The van der Waals surface area contributed by atoms with E-state index in [1.807, 2.05) is 73.1 Å². The lowest BCUT2D eigenvalue weighted by Gasteiger charge is -2.39. The molecule has 0 N–H and O–H groups in total. The Hall–Kier alpha value is -5.77. The maximum Gasteiger partial charge on any atom is 0.341 e. The topological polar surface area (TPSA) is 78.3 Å². The average Bonchev–Trinajstić information content (AvgIpc) is 3.69. The molecule has 2 aliphatic rings. The minimum atomic E-state index is -0.464. The monoisotopic (exact) mass is 810 g/mol. The molecule has 2 heterocycles. The number of imidazole rings is 1. The Morgan fingerprint density at radius 1 is 0.797 bits per heavy atom. The summed E-state index contributed by atoms with van der Waals surface area (Å²) >= 11 is 6.26. The number of piperazine rings is 1. The van der Waals surface area contributed by atoms with Crippen LogP contribution in [0.5, 0.6) is 23.0 Å². The van der Waals surface area contributed by atoms with Gasteiger partial charge < -0.3 is 28.4 Å². The Labute approximate surface area is 351 Å². The van der Waals surface area contributed by atoms with Crippen molar-refractivity contribution in [2.24, 2.45) is 5.41 Å². The summed E-state index contributed by atoms with van der Waals surface area (Å²) in [7, 11) is 4.72. The third-order valence-electron chi connectivity index (χ3n) is 11.8. The molecule has 1 saturated heterocycles. The first-order valence-electron chi connectivity index (χ1n) is 20.2. The summed E-state index contributed by atoms with van der Waals surface area (Å²) in [6, 6.07) is 35.9. The zero-order chi connectivity index (χ0) is 41.1. The number of ether oxygens (including phenoxy) is 4. The lowest BCUT2D eigenvalue weighted by atomic mass is 9.72. The summed E-state index contributed by atoms with van der Waals surface area (Å²) < 4.78 is 25.0. The Balaban J connectivity index is 1.05. The number of methoxy groups -OCH3 is 3. The first-order chi connectivity index (χ1) is 28.6. The molecule has 1 aliphatic carbocycles. The number of carbonyl (C=O) groups is 1. The lowest BCUT2D eigenvalue weighted by molar-refractivity contribution is 0.0598. The van der Waals surface area contributed by atoms with Gasteiger partial charge in [0.25, 0.3) is 0 Å². The fourth-order valence-corrected chi connectivity index (χ4v) is 8.62. The van der Waals surface area contributed by atoms with Crippen molar-refractivity contribution in [3.05, 3.63) is 148 Å². The van der Waals surface area contributed by atoms with Crippen molar-refractivity contribution in [3.63, 3.8) is 0 Å². The minimum Gasteiger partial charge on any atom is -0.497 e. The first kappa shape index (κ1) is 40.0. The number of benzene rings is 5. The number of esters is 1. The highest BCUT2D eigenvalue weighted by Crippen LogP contribution is 2.44. The highest BCUT2D eigenvalue weighted by Gasteiger charge is 2.30. The van der Waals surface area contributed by atoms with Crippen LogP contribution in [-0.2, 0) is 4.74 Å². The quantitative estimate of drug-likeness (QED) is 0.113. The SMILES string of the molecule is COC(=O)c1ccc(N2CCN(CC3=C(c4ccc(Cl)cc4)CC(C)(C)CC3)CC2)cc1Oc1cccc2c1ncn2C(c1ccc(OC)cc1)c1ccc(OC)cc1. The van der Waals surface area contributed by atoms with E-state index < -0.39 is 5.97 Å². The molecule has 0 atom stereocenters. The van der Waals surface area contributed by atoms with E-state index >= 15 is 0 Å². The zero-order valence-electron chi connectivity index (χ0n) is 34.4. The molecule has 0 bridgehead atoms. The standard InChI is InChI=1S/C49H51ClN4O5/c1-49(2)24-23-36(42(30-49)33-9-15-37(50)16-10-33)31-52-25-27-53(28-26-52)38-17-22-41(48(55)58-5)45(29-38)59-44-8-6-7-43-46(44)51-32-54(43)47(34-11-18-39(56-3)19-12-34)35-13-20-40(57-4)21-14-35/h6-22,29,32,47H,23-28,30-31H2,1-5H3. The summed E-state index contributed by atoms with van der Waals surface area (Å²) in [5, 5.41) is 0.766. The summed E-state index contributed by atoms with van der Waals surface area (Å²) in [6.45, 7) is 9.27. The van der Waals surface area contributed by atoms with Crippen LogP contribution in [0.25, 0.3) is 16.6 Å². The van der Waals surface area contributed by atoms with Crippen LogP contribution < -0.4 is 19.1 Å². The molecule has 0 saturated carbocycles. The molecule has 10 heteroatoms. The van der Waals surface area contributed by atoms with Gasteiger partial charge in [0.1, 0.15) is 28.3 Å². The number of fused-ring (bicyclic) bond motifs is 1. The average molecular weight is 811 g/mol. The van der Waals surface area contributed by atoms with Gasteiger partial charge in [0.2, 0.25) is 0 Å². The van der Waals surface area contributed by atoms with E-state index in [4.69, 9.17) is 35.5 Å². The van der Waals surface area contributed by atoms with Gasteiger partial charge >= 0.3 is 5.97 Å². The second kappa shape index (κ2) is 17.2. The van der Waals surface area contributed by atoms with Crippen molar-refractivity contribution in [1.82, 2.24) is 14.5 Å². The van der Waals surface area contributed by atoms with Crippen LogP contribution in [0.1, 0.15) is 66.2 Å². The molecule has 0 spiro atoms. The van der Waals surface area contributed by atoms with Gasteiger partial charge in [-0.05, 0) is 108 Å². The second-order valence-electron chi connectivity index (χ2n) is 16.2. The smallest absolute Gasteiger partial charge is 0.341 e. The van der Waals surface area contributed by atoms with Gasteiger partial charge in [0.05, 0.1) is 39.2 Å². The molecular weight excluding hydrogens is 760 g/mol. The largest absolute Gasteiger partial charge is 0.497 e. The van der Waals surface area contributed by atoms with Gasteiger partial charge in [-0.25, -0.2) is 9.78 Å². The fourth-order valence-electron chi connectivity index (χ4n) is 8.49. The molecule has 1 aliphatic heterocycles. The highest BCUT2D eigenvalue weighted by atomic mass is 35.5. The molecule has 0 radical (unpaired) electrons. The number of halogens is 1. The van der Waals surface area contributed by atoms with Crippen molar-refractivity contribution >= 4 is 39.9 Å². The second-order valence-corrected chi connectivity index (χ2v) is 16.6. The van der Waals surface area contributed by atoms with Crippen molar-refractivity contribution in [3.8, 4) is 23.0 Å².